The highest BCUT2D eigenvalue weighted by atomic mass is 16.3. The highest BCUT2D eigenvalue weighted by molar-refractivity contribution is 5.41. The SMILES string of the molecule is Cc1c(O)cccc1O.Cc1ccc(O)cc1O. The van der Waals surface area contributed by atoms with E-state index in [2.05, 4.69) is 0 Å². The number of benzene rings is 2. The fourth-order valence-electron chi connectivity index (χ4n) is 1.21. The van der Waals surface area contributed by atoms with Gasteiger partial charge in [-0.3, -0.25) is 0 Å². The van der Waals surface area contributed by atoms with Crippen molar-refractivity contribution in [2.24, 2.45) is 0 Å². The minimum atomic E-state index is 0.0955. The molecule has 4 heteroatoms. The Balaban J connectivity index is 0.000000180. The van der Waals surface area contributed by atoms with Gasteiger partial charge < -0.3 is 20.4 Å². The summed E-state index contributed by atoms with van der Waals surface area (Å²) < 4.78 is 0. The monoisotopic (exact) mass is 248 g/mol. The molecule has 0 saturated heterocycles. The molecule has 0 aliphatic heterocycles. The summed E-state index contributed by atoms with van der Waals surface area (Å²) in [4.78, 5) is 0. The van der Waals surface area contributed by atoms with Gasteiger partial charge in [-0.25, -0.2) is 0 Å². The van der Waals surface area contributed by atoms with Crippen LogP contribution >= 0.6 is 0 Å². The van der Waals surface area contributed by atoms with Gasteiger partial charge in [0.25, 0.3) is 0 Å². The molecule has 2 aromatic carbocycles. The van der Waals surface area contributed by atoms with E-state index in [0.717, 1.165) is 5.56 Å². The van der Waals surface area contributed by atoms with Crippen LogP contribution in [0.2, 0.25) is 0 Å². The lowest BCUT2D eigenvalue weighted by Crippen LogP contribution is -1.73. The van der Waals surface area contributed by atoms with Crippen molar-refractivity contribution in [1.29, 1.82) is 0 Å². The summed E-state index contributed by atoms with van der Waals surface area (Å²) in [7, 11) is 0. The van der Waals surface area contributed by atoms with E-state index in [1.54, 1.807) is 26.0 Å². The van der Waals surface area contributed by atoms with Crippen molar-refractivity contribution < 1.29 is 20.4 Å². The number of hydrogen-bond donors (Lipinski definition) is 4. The minimum Gasteiger partial charge on any atom is -0.508 e. The number of aryl methyl sites for hydroxylation is 1. The van der Waals surface area contributed by atoms with Crippen LogP contribution in [-0.4, -0.2) is 20.4 Å². The normalized spacial score (nSPS) is 9.44. The molecular weight excluding hydrogens is 232 g/mol. The van der Waals surface area contributed by atoms with Crippen molar-refractivity contribution in [3.63, 3.8) is 0 Å². The Bertz CT molecular complexity index is 515. The average molecular weight is 248 g/mol. The molecule has 2 rings (SSSR count). The Labute approximate surface area is 105 Å². The first-order chi connectivity index (χ1) is 8.41. The van der Waals surface area contributed by atoms with Crippen LogP contribution < -0.4 is 0 Å². The van der Waals surface area contributed by atoms with Crippen molar-refractivity contribution in [1.82, 2.24) is 0 Å². The third-order valence-electron chi connectivity index (χ3n) is 2.47. The van der Waals surface area contributed by atoms with Crippen LogP contribution in [0.3, 0.4) is 0 Å². The number of phenolic OH excluding ortho intramolecular Hbond substituents is 4. The van der Waals surface area contributed by atoms with Crippen LogP contribution in [0.15, 0.2) is 36.4 Å². The summed E-state index contributed by atoms with van der Waals surface area (Å²) in [5.74, 6) is 0.498. The molecule has 0 aromatic heterocycles. The van der Waals surface area contributed by atoms with Crippen molar-refractivity contribution >= 4 is 0 Å². The molecule has 0 bridgehead atoms. The van der Waals surface area contributed by atoms with Crippen molar-refractivity contribution in [2.45, 2.75) is 13.8 Å². The number of hydrogen-bond acceptors (Lipinski definition) is 4. The Morgan fingerprint density at radius 1 is 0.722 bits per heavy atom. The van der Waals surface area contributed by atoms with Gasteiger partial charge in [-0.1, -0.05) is 12.1 Å². The zero-order chi connectivity index (χ0) is 13.7. The molecule has 18 heavy (non-hydrogen) atoms. The largest absolute Gasteiger partial charge is 0.508 e. The summed E-state index contributed by atoms with van der Waals surface area (Å²) in [6.07, 6.45) is 0. The van der Waals surface area contributed by atoms with Gasteiger partial charge in [-0.2, -0.15) is 0 Å². The molecule has 0 aliphatic rings. The number of aromatic hydroxyl groups is 4. The topological polar surface area (TPSA) is 80.9 Å². The van der Waals surface area contributed by atoms with Crippen LogP contribution in [0.4, 0.5) is 0 Å². The lowest BCUT2D eigenvalue weighted by molar-refractivity contribution is 0.443. The molecule has 4 N–H and O–H groups in total. The molecule has 0 amide bonds. The lowest BCUT2D eigenvalue weighted by atomic mass is 10.2. The minimum absolute atomic E-state index is 0.0955. The van der Waals surface area contributed by atoms with Gasteiger partial charge >= 0.3 is 0 Å². The predicted octanol–water partition coefficient (Wildman–Crippen LogP) is 2.81. The molecule has 4 nitrogen and oxygen atoms in total. The van der Waals surface area contributed by atoms with Crippen LogP contribution in [0, 0.1) is 13.8 Å². The number of phenols is 4. The fourth-order valence-corrected chi connectivity index (χ4v) is 1.21. The Morgan fingerprint density at radius 3 is 1.67 bits per heavy atom. The van der Waals surface area contributed by atoms with E-state index in [1.807, 2.05) is 0 Å². The van der Waals surface area contributed by atoms with Gasteiger partial charge in [-0.15, -0.1) is 0 Å². The van der Waals surface area contributed by atoms with E-state index in [4.69, 9.17) is 20.4 Å². The van der Waals surface area contributed by atoms with Crippen LogP contribution in [0.5, 0.6) is 23.0 Å². The maximum absolute atomic E-state index is 8.94. The average Bonchev–Trinajstić information content (AvgIpc) is 2.32. The van der Waals surface area contributed by atoms with Crippen molar-refractivity contribution in [3.8, 4) is 23.0 Å². The summed E-state index contributed by atoms with van der Waals surface area (Å²) in [6, 6.07) is 9.18. The van der Waals surface area contributed by atoms with Crippen molar-refractivity contribution in [2.75, 3.05) is 0 Å². The van der Waals surface area contributed by atoms with Crippen LogP contribution in [0.1, 0.15) is 11.1 Å². The molecule has 0 fully saturated rings. The lowest BCUT2D eigenvalue weighted by Gasteiger charge is -1.98. The zero-order valence-corrected chi connectivity index (χ0v) is 10.3. The molecular formula is C14H16O4. The number of rotatable bonds is 0. The second kappa shape index (κ2) is 5.82. The van der Waals surface area contributed by atoms with Gasteiger partial charge in [0, 0.05) is 11.6 Å². The molecule has 0 unspecified atom stereocenters. The Morgan fingerprint density at radius 2 is 1.28 bits per heavy atom. The van der Waals surface area contributed by atoms with E-state index < -0.39 is 0 Å². The summed E-state index contributed by atoms with van der Waals surface area (Å²) >= 11 is 0. The van der Waals surface area contributed by atoms with Gasteiger partial charge in [-0.05, 0) is 37.6 Å². The maximum atomic E-state index is 8.94. The first kappa shape index (κ1) is 13.7. The van der Waals surface area contributed by atoms with E-state index in [-0.39, 0.29) is 23.0 Å². The Kier molecular flexibility index (Phi) is 4.43. The van der Waals surface area contributed by atoms with Gasteiger partial charge in [0.1, 0.15) is 23.0 Å². The zero-order valence-electron chi connectivity index (χ0n) is 10.3. The molecule has 0 spiro atoms. The van der Waals surface area contributed by atoms with Gasteiger partial charge in [0.15, 0.2) is 0 Å². The summed E-state index contributed by atoms with van der Waals surface area (Å²) in [5, 5.41) is 35.6. The maximum Gasteiger partial charge on any atom is 0.122 e. The smallest absolute Gasteiger partial charge is 0.122 e. The molecule has 2 aromatic rings. The van der Waals surface area contributed by atoms with Crippen molar-refractivity contribution in [3.05, 3.63) is 47.5 Å². The first-order valence-electron chi connectivity index (χ1n) is 5.38. The molecule has 96 valence electrons. The second-order valence-electron chi connectivity index (χ2n) is 3.89. The second-order valence-corrected chi connectivity index (χ2v) is 3.89. The van der Waals surface area contributed by atoms with Gasteiger partial charge in [0.05, 0.1) is 0 Å². The van der Waals surface area contributed by atoms with E-state index >= 15 is 0 Å². The summed E-state index contributed by atoms with van der Waals surface area (Å²) in [6.45, 7) is 3.43. The quantitative estimate of drug-likeness (QED) is 0.578. The predicted molar refractivity (Wildman–Crippen MR) is 69.0 cm³/mol. The molecule has 0 aliphatic carbocycles. The highest BCUT2D eigenvalue weighted by Gasteiger charge is 1.97. The highest BCUT2D eigenvalue weighted by Crippen LogP contribution is 2.23. The standard InChI is InChI=1S/2C7H8O2/c1-5-2-3-6(8)4-7(5)9;1-5-6(8)3-2-4-7(5)9/h2*2-4,8-9H,1H3. The molecule has 0 atom stereocenters. The Hall–Kier alpha value is -2.36. The van der Waals surface area contributed by atoms with Crippen LogP contribution in [0.25, 0.3) is 0 Å². The van der Waals surface area contributed by atoms with E-state index in [9.17, 15) is 0 Å². The summed E-state index contributed by atoms with van der Waals surface area (Å²) in [5.41, 5.74) is 1.30. The first-order valence-corrected chi connectivity index (χ1v) is 5.38. The van der Waals surface area contributed by atoms with E-state index in [0.29, 0.717) is 5.56 Å². The fraction of sp³-hybridized carbons (Fsp3) is 0.143. The molecule has 0 saturated carbocycles. The third kappa shape index (κ3) is 3.59. The van der Waals surface area contributed by atoms with Gasteiger partial charge in [0.2, 0.25) is 0 Å². The third-order valence-corrected chi connectivity index (χ3v) is 2.47. The molecule has 0 radical (unpaired) electrons. The molecule has 0 heterocycles. The van der Waals surface area contributed by atoms with Crippen LogP contribution in [-0.2, 0) is 0 Å². The van der Waals surface area contributed by atoms with E-state index in [1.165, 1.54) is 24.3 Å².